The highest BCUT2D eigenvalue weighted by Crippen LogP contribution is 2.53. The third-order valence-corrected chi connectivity index (χ3v) is 10.3. The fraction of sp³-hybridized carbons (Fsp3) is 0.231. The number of benzene rings is 3. The topological polar surface area (TPSA) is 24.7 Å². The monoisotopic (exact) mass is 708 g/mol. The summed E-state index contributed by atoms with van der Waals surface area (Å²) in [6, 6.07) is 26.7. The summed E-state index contributed by atoms with van der Waals surface area (Å²) in [6.07, 6.45) is 36.8. The molecule has 0 saturated carbocycles. The van der Waals surface area contributed by atoms with Crippen LogP contribution in [0.3, 0.4) is 0 Å². The molecule has 2 aliphatic carbocycles. The molecule has 3 aromatic rings. The van der Waals surface area contributed by atoms with Crippen molar-refractivity contribution in [3.63, 3.8) is 0 Å². The van der Waals surface area contributed by atoms with Gasteiger partial charge < -0.3 is 0 Å². The minimum absolute atomic E-state index is 0.501. The van der Waals surface area contributed by atoms with Crippen molar-refractivity contribution < 1.29 is 0 Å². The molecule has 0 bridgehead atoms. The van der Waals surface area contributed by atoms with E-state index in [1.165, 1.54) is 62.9 Å². The van der Waals surface area contributed by atoms with Gasteiger partial charge >= 0.3 is 0 Å². The lowest BCUT2D eigenvalue weighted by Crippen LogP contribution is -2.29. The van der Waals surface area contributed by atoms with E-state index in [1.54, 1.807) is 0 Å². The SMILES string of the molecule is C=C/C(=C\C/C=C\C)C1(c2ccccc2)C(/C=C\C=C/C)=Cc2ccc(-c3ccc(CN=C(/C=C(N=C)/C(C)=C/C=C\CC)C4=CCCCC4)cc3)cc21. The normalized spacial score (nSPS) is 18.5. The first kappa shape index (κ1) is 39.6. The Hall–Kier alpha value is -5.60. The van der Waals surface area contributed by atoms with Crippen molar-refractivity contribution in [3.8, 4) is 11.1 Å². The lowest BCUT2D eigenvalue weighted by atomic mass is 9.65. The van der Waals surface area contributed by atoms with Crippen LogP contribution < -0.4 is 0 Å². The summed E-state index contributed by atoms with van der Waals surface area (Å²) in [5.41, 5.74) is 13.4. The summed E-state index contributed by atoms with van der Waals surface area (Å²) in [4.78, 5) is 9.58. The first-order chi connectivity index (χ1) is 26.5. The van der Waals surface area contributed by atoms with Gasteiger partial charge in [-0.1, -0.05) is 153 Å². The largest absolute Gasteiger partial charge is 0.280 e. The highest BCUT2D eigenvalue weighted by atomic mass is 14.8. The maximum Gasteiger partial charge on any atom is 0.0704 e. The van der Waals surface area contributed by atoms with Gasteiger partial charge in [0.2, 0.25) is 0 Å². The van der Waals surface area contributed by atoms with Gasteiger partial charge in [0.15, 0.2) is 0 Å². The van der Waals surface area contributed by atoms with Crippen LogP contribution in [-0.2, 0) is 12.0 Å². The first-order valence-electron chi connectivity index (χ1n) is 19.5. The third kappa shape index (κ3) is 9.30. The molecule has 274 valence electrons. The predicted octanol–water partition coefficient (Wildman–Crippen LogP) is 14.2. The van der Waals surface area contributed by atoms with Crippen molar-refractivity contribution in [2.75, 3.05) is 0 Å². The van der Waals surface area contributed by atoms with E-state index in [0.717, 1.165) is 42.7 Å². The van der Waals surface area contributed by atoms with Crippen molar-refractivity contribution in [2.24, 2.45) is 9.98 Å². The highest BCUT2D eigenvalue weighted by molar-refractivity contribution is 6.09. The summed E-state index contributed by atoms with van der Waals surface area (Å²) in [7, 11) is 0. The predicted molar refractivity (Wildman–Crippen MR) is 237 cm³/mol. The Kier molecular flexibility index (Phi) is 14.7. The van der Waals surface area contributed by atoms with Crippen LogP contribution in [-0.4, -0.2) is 12.4 Å². The van der Waals surface area contributed by atoms with Crippen molar-refractivity contribution in [1.82, 2.24) is 0 Å². The summed E-state index contributed by atoms with van der Waals surface area (Å²) < 4.78 is 0. The van der Waals surface area contributed by atoms with Crippen LogP contribution in [0, 0.1) is 0 Å². The molecule has 5 rings (SSSR count). The van der Waals surface area contributed by atoms with Gasteiger partial charge in [0.25, 0.3) is 0 Å². The van der Waals surface area contributed by atoms with E-state index in [2.05, 4.69) is 198 Å². The van der Waals surface area contributed by atoms with Crippen molar-refractivity contribution in [3.05, 3.63) is 209 Å². The van der Waals surface area contributed by atoms with E-state index in [4.69, 9.17) is 4.99 Å². The molecule has 0 spiro atoms. The number of fused-ring (bicyclic) bond motifs is 1. The van der Waals surface area contributed by atoms with Gasteiger partial charge in [-0.3, -0.25) is 9.98 Å². The zero-order valence-electron chi connectivity index (χ0n) is 32.8. The van der Waals surface area contributed by atoms with Crippen LogP contribution in [0.5, 0.6) is 0 Å². The van der Waals surface area contributed by atoms with Crippen LogP contribution in [0.4, 0.5) is 0 Å². The van der Waals surface area contributed by atoms with Crippen LogP contribution in [0.25, 0.3) is 17.2 Å². The van der Waals surface area contributed by atoms with Crippen LogP contribution in [0.2, 0.25) is 0 Å². The smallest absolute Gasteiger partial charge is 0.0704 e. The second-order valence-electron chi connectivity index (χ2n) is 13.8. The molecule has 0 N–H and O–H groups in total. The molecule has 0 fully saturated rings. The molecule has 1 unspecified atom stereocenters. The number of hydrogen-bond acceptors (Lipinski definition) is 2. The molecule has 3 aromatic carbocycles. The molecular formula is C52H56N2. The van der Waals surface area contributed by atoms with E-state index in [0.29, 0.717) is 6.54 Å². The van der Waals surface area contributed by atoms with E-state index < -0.39 is 5.41 Å². The molecule has 0 aliphatic heterocycles. The number of aliphatic imine (C=N–C) groups is 2. The third-order valence-electron chi connectivity index (χ3n) is 10.3. The molecule has 0 heterocycles. The Labute approximate surface area is 325 Å². The number of allylic oxidation sites excluding steroid dienone is 17. The van der Waals surface area contributed by atoms with Crippen molar-refractivity contribution in [2.45, 2.75) is 78.2 Å². The molecule has 1 atom stereocenters. The Balaban J connectivity index is 1.54. The second-order valence-corrected chi connectivity index (χ2v) is 13.8. The Morgan fingerprint density at radius 1 is 0.889 bits per heavy atom. The Morgan fingerprint density at radius 3 is 2.37 bits per heavy atom. The number of hydrogen-bond donors (Lipinski definition) is 0. The van der Waals surface area contributed by atoms with Gasteiger partial charge in [-0.25, -0.2) is 0 Å². The molecule has 0 radical (unpaired) electrons. The van der Waals surface area contributed by atoms with Gasteiger partial charge in [-0.05, 0) is 140 Å². The van der Waals surface area contributed by atoms with E-state index in [9.17, 15) is 0 Å². The second kappa shape index (κ2) is 20.0. The maximum atomic E-state index is 5.19. The van der Waals surface area contributed by atoms with Crippen molar-refractivity contribution >= 4 is 18.5 Å². The standard InChI is InChI=1S/C52H56N2/c1-7-11-16-23-40(5)50(53-6)38-51(43-24-19-14-20-25-43)54-39-41-30-32-42(33-31-41)44-34-35-45-36-48(29-18-13-9-3)52(49(45)37-44,47-27-21-15-22-28-47)46(10-4)26-17-12-8-2/h8-13,15-16,18,21-24,26-38H,4,6-7,14,17,19-20,25,39H2,1-3,5H3/b12-8-,13-9-,16-11-,29-18-,40-23+,46-26+,50-38-,54-51?. The summed E-state index contributed by atoms with van der Waals surface area (Å²) in [5, 5.41) is 0. The quantitative estimate of drug-likeness (QED) is 0.0804. The zero-order valence-corrected chi connectivity index (χ0v) is 32.8. The van der Waals surface area contributed by atoms with Crippen LogP contribution in [0.1, 0.15) is 88.5 Å². The fourth-order valence-corrected chi connectivity index (χ4v) is 7.42. The highest BCUT2D eigenvalue weighted by Gasteiger charge is 2.44. The maximum absolute atomic E-state index is 5.19. The fourth-order valence-electron chi connectivity index (χ4n) is 7.42. The van der Waals surface area contributed by atoms with Gasteiger partial charge in [0, 0.05) is 0 Å². The molecule has 0 aromatic heterocycles. The molecule has 2 heteroatoms. The average molecular weight is 709 g/mol. The number of nitrogens with zero attached hydrogens (tertiary/aromatic N) is 2. The molecule has 2 nitrogen and oxygen atoms in total. The minimum atomic E-state index is -0.501. The van der Waals surface area contributed by atoms with Crippen LogP contribution in [0.15, 0.2) is 196 Å². The molecule has 2 aliphatic rings. The van der Waals surface area contributed by atoms with E-state index >= 15 is 0 Å². The molecule has 54 heavy (non-hydrogen) atoms. The molecular weight excluding hydrogens is 653 g/mol. The summed E-state index contributed by atoms with van der Waals surface area (Å²) in [5.74, 6) is 0. The van der Waals surface area contributed by atoms with Crippen LogP contribution >= 0.6 is 0 Å². The Morgan fingerprint density at radius 2 is 1.69 bits per heavy atom. The summed E-state index contributed by atoms with van der Waals surface area (Å²) >= 11 is 0. The first-order valence-corrected chi connectivity index (χ1v) is 19.5. The summed E-state index contributed by atoms with van der Waals surface area (Å²) in [6.45, 7) is 17.2. The molecule has 0 saturated heterocycles. The van der Waals surface area contributed by atoms with Crippen molar-refractivity contribution in [1.29, 1.82) is 0 Å². The van der Waals surface area contributed by atoms with E-state index in [-0.39, 0.29) is 0 Å². The lowest BCUT2D eigenvalue weighted by Gasteiger charge is -2.36. The lowest BCUT2D eigenvalue weighted by molar-refractivity contribution is 0.717. The minimum Gasteiger partial charge on any atom is -0.280 e. The van der Waals surface area contributed by atoms with Gasteiger partial charge in [-0.2, -0.15) is 0 Å². The zero-order chi connectivity index (χ0) is 38.2. The number of rotatable bonds is 16. The Bertz CT molecular complexity index is 2080. The van der Waals surface area contributed by atoms with Gasteiger partial charge in [0.05, 0.1) is 23.4 Å². The van der Waals surface area contributed by atoms with Gasteiger partial charge in [-0.15, -0.1) is 0 Å². The van der Waals surface area contributed by atoms with Gasteiger partial charge in [0.1, 0.15) is 0 Å². The molecule has 0 amide bonds. The van der Waals surface area contributed by atoms with E-state index in [1.807, 2.05) is 6.08 Å². The average Bonchev–Trinajstić information content (AvgIpc) is 3.54.